The fourth-order valence-corrected chi connectivity index (χ4v) is 8.00. The first-order valence-corrected chi connectivity index (χ1v) is 17.3. The smallest absolute Gasteiger partial charge is 0.448 e. The first kappa shape index (κ1) is 41.4. The number of aryl methyl sites for hydroxylation is 2. The monoisotopic (exact) mass is 865 g/mol. The Kier molecular flexibility index (Phi) is 12.7. The summed E-state index contributed by atoms with van der Waals surface area (Å²) in [5.74, 6) is -2.05. The van der Waals surface area contributed by atoms with E-state index in [1.807, 2.05) is 0 Å². The number of rotatable bonds is 5. The van der Waals surface area contributed by atoms with E-state index in [9.17, 15) is 18.0 Å². The van der Waals surface area contributed by atoms with Crippen LogP contribution in [0.3, 0.4) is 0 Å². The molecule has 1 N–H and O–H groups in total. The van der Waals surface area contributed by atoms with Crippen LogP contribution in [-0.2, 0) is 30.3 Å². The summed E-state index contributed by atoms with van der Waals surface area (Å²) >= 11 is 0. The van der Waals surface area contributed by atoms with Crippen LogP contribution in [-0.4, -0.2) is 22.1 Å². The van der Waals surface area contributed by atoms with E-state index in [2.05, 4.69) is 117 Å². The molecule has 1 aliphatic carbocycles. The van der Waals surface area contributed by atoms with Crippen LogP contribution in [0.5, 0.6) is 0 Å². The van der Waals surface area contributed by atoms with Gasteiger partial charge < -0.3 is 5.11 Å². The van der Waals surface area contributed by atoms with E-state index in [-0.39, 0.29) is 43.9 Å². The van der Waals surface area contributed by atoms with Crippen LogP contribution >= 0.6 is 0 Å². The molecule has 7 heteroatoms. The van der Waals surface area contributed by atoms with Gasteiger partial charge in [0.1, 0.15) is 0 Å². The Morgan fingerprint density at radius 2 is 1.60 bits per heavy atom. The first-order chi connectivity index (χ1) is 22.5. The Balaban J connectivity index is 0.000000414. The maximum atomic E-state index is 11.7. The van der Waals surface area contributed by atoms with Gasteiger partial charge in [-0.05, 0) is 83.9 Å². The molecule has 1 aliphatic rings. The molecule has 1 fully saturated rings. The molecule has 0 spiro atoms. The Morgan fingerprint density at radius 1 is 1.00 bits per heavy atom. The van der Waals surface area contributed by atoms with Crippen molar-refractivity contribution < 1.29 is 43.2 Å². The van der Waals surface area contributed by atoms with E-state index in [4.69, 9.17) is 10.1 Å². The van der Waals surface area contributed by atoms with Crippen LogP contribution in [0.1, 0.15) is 116 Å². The van der Waals surface area contributed by atoms with Crippen LogP contribution in [0.4, 0.5) is 13.2 Å². The molecular formula is C43H53F3IrNO2-. The standard InChI is InChI=1S/C35H42N.C8H11F3O2.Ir/c1-22-14-23(2)32-28(26-19-34(6,7)21-35(8,9)20-26)18-30(36-31(32)15-22)25-16-24-12-10-11-13-27(24)29(17-25)33(3,4)5;1-5(2)3-6(12)4-7(13)8(9,10)11;/h10-15,17-18,26H,19-21H2,1-9H3;4-5,13H,3H2,1-2H3;/q-1;;/b;7-4-;. The number of halogens is 3. The second-order valence-corrected chi connectivity index (χ2v) is 17.2. The molecule has 0 bridgehead atoms. The molecule has 4 aromatic rings. The summed E-state index contributed by atoms with van der Waals surface area (Å²) in [7, 11) is 0. The number of carbonyl (C=O) groups excluding carboxylic acids is 1. The van der Waals surface area contributed by atoms with Crippen molar-refractivity contribution in [1.29, 1.82) is 0 Å². The van der Waals surface area contributed by atoms with Crippen molar-refractivity contribution in [2.75, 3.05) is 0 Å². The number of aliphatic hydroxyl groups excluding tert-OH is 1. The molecule has 0 saturated heterocycles. The van der Waals surface area contributed by atoms with E-state index >= 15 is 0 Å². The predicted molar refractivity (Wildman–Crippen MR) is 197 cm³/mol. The number of fused-ring (bicyclic) bond motifs is 2. The van der Waals surface area contributed by atoms with Crippen LogP contribution in [0, 0.1) is 36.7 Å². The van der Waals surface area contributed by atoms with E-state index < -0.39 is 17.7 Å². The van der Waals surface area contributed by atoms with Crippen molar-refractivity contribution in [2.45, 2.75) is 119 Å². The summed E-state index contributed by atoms with van der Waals surface area (Å²) in [4.78, 5) is 16.1. The normalized spacial score (nSPS) is 16.6. The van der Waals surface area contributed by atoms with Crippen LogP contribution in [0.25, 0.3) is 32.9 Å². The molecule has 0 aliphatic heterocycles. The number of hydrogen-bond donors (Lipinski definition) is 1. The van der Waals surface area contributed by atoms with Gasteiger partial charge >= 0.3 is 6.18 Å². The molecule has 50 heavy (non-hydrogen) atoms. The number of benzene rings is 3. The van der Waals surface area contributed by atoms with Crippen molar-refractivity contribution in [3.8, 4) is 11.3 Å². The Bertz CT molecular complexity index is 1860. The molecule has 0 amide bonds. The predicted octanol–water partition coefficient (Wildman–Crippen LogP) is 12.7. The quantitative estimate of drug-likeness (QED) is 0.124. The van der Waals surface area contributed by atoms with Gasteiger partial charge in [0.2, 0.25) is 5.76 Å². The molecule has 273 valence electrons. The fraction of sp³-hybridized carbons (Fsp3) is 0.488. The zero-order chi connectivity index (χ0) is 36.7. The van der Waals surface area contributed by atoms with Gasteiger partial charge in [0.15, 0.2) is 5.78 Å². The number of aliphatic hydroxyl groups is 1. The third kappa shape index (κ3) is 10.3. The first-order valence-electron chi connectivity index (χ1n) is 17.3. The molecule has 1 saturated carbocycles. The molecule has 3 nitrogen and oxygen atoms in total. The van der Waals surface area contributed by atoms with Crippen LogP contribution < -0.4 is 0 Å². The van der Waals surface area contributed by atoms with Crippen molar-refractivity contribution in [2.24, 2.45) is 16.7 Å². The number of allylic oxidation sites excluding steroid dienone is 2. The number of carbonyl (C=O) groups is 1. The average molecular weight is 865 g/mol. The SMILES string of the molecule is CC(C)CC(=O)/C=C(\O)C(F)(F)F.Cc1cc(C)c2c(C3CC(C)(C)CC(C)(C)C3)cc(-c3[c-]c4ccccc4c(C(C)(C)C)c3)nc2c1.[Ir]. The van der Waals surface area contributed by atoms with E-state index in [0.717, 1.165) is 16.8 Å². The van der Waals surface area contributed by atoms with Crippen molar-refractivity contribution >= 4 is 27.5 Å². The fourth-order valence-electron chi connectivity index (χ4n) is 8.00. The molecule has 1 heterocycles. The van der Waals surface area contributed by atoms with Crippen molar-refractivity contribution in [3.05, 3.63) is 88.7 Å². The Morgan fingerprint density at radius 3 is 2.16 bits per heavy atom. The second kappa shape index (κ2) is 15.3. The Hall–Kier alpha value is -3.02. The number of nitrogens with zero attached hydrogens (tertiary/aromatic N) is 1. The molecular weight excluding hydrogens is 812 g/mol. The minimum atomic E-state index is -4.83. The number of ketones is 1. The topological polar surface area (TPSA) is 50.2 Å². The maximum absolute atomic E-state index is 11.7. The van der Waals surface area contributed by atoms with E-state index in [0.29, 0.717) is 16.7 Å². The molecule has 0 unspecified atom stereocenters. The summed E-state index contributed by atoms with van der Waals surface area (Å²) in [6.07, 6.45) is -0.890. The van der Waals surface area contributed by atoms with Gasteiger partial charge in [0.25, 0.3) is 0 Å². The van der Waals surface area contributed by atoms with Gasteiger partial charge in [0.05, 0.1) is 5.52 Å². The van der Waals surface area contributed by atoms with Crippen LogP contribution in [0.15, 0.2) is 60.4 Å². The Labute approximate surface area is 310 Å². The van der Waals surface area contributed by atoms with Gasteiger partial charge in [-0.25, -0.2) is 0 Å². The zero-order valence-electron chi connectivity index (χ0n) is 31.4. The molecule has 1 radical (unpaired) electrons. The molecule has 0 atom stereocenters. The summed E-state index contributed by atoms with van der Waals surface area (Å²) in [6.45, 7) is 24.6. The maximum Gasteiger partial charge on any atom is 0.448 e. The van der Waals surface area contributed by atoms with Crippen molar-refractivity contribution in [1.82, 2.24) is 4.98 Å². The summed E-state index contributed by atoms with van der Waals surface area (Å²) in [5, 5.41) is 12.2. The second-order valence-electron chi connectivity index (χ2n) is 17.2. The van der Waals surface area contributed by atoms with Gasteiger partial charge in [-0.3, -0.25) is 9.78 Å². The molecule has 5 rings (SSSR count). The number of alkyl halides is 3. The zero-order valence-corrected chi connectivity index (χ0v) is 33.8. The molecule has 3 aromatic carbocycles. The van der Waals surface area contributed by atoms with E-state index in [1.165, 1.54) is 57.7 Å². The minimum Gasteiger partial charge on any atom is -0.504 e. The van der Waals surface area contributed by atoms with Gasteiger partial charge in [-0.1, -0.05) is 104 Å². The van der Waals surface area contributed by atoms with E-state index in [1.54, 1.807) is 13.8 Å². The third-order valence-corrected chi connectivity index (χ3v) is 9.33. The summed E-state index contributed by atoms with van der Waals surface area (Å²) in [6, 6.07) is 21.8. The molecule has 1 aromatic heterocycles. The number of hydrogen-bond acceptors (Lipinski definition) is 3. The van der Waals surface area contributed by atoms with Gasteiger partial charge in [-0.2, -0.15) is 13.2 Å². The number of aromatic nitrogens is 1. The largest absolute Gasteiger partial charge is 0.504 e. The van der Waals surface area contributed by atoms with Crippen molar-refractivity contribution in [3.63, 3.8) is 0 Å². The third-order valence-electron chi connectivity index (χ3n) is 9.33. The van der Waals surface area contributed by atoms with Crippen LogP contribution in [0.2, 0.25) is 0 Å². The average Bonchev–Trinajstić information content (AvgIpc) is 2.93. The summed E-state index contributed by atoms with van der Waals surface area (Å²) < 4.78 is 35.0. The van der Waals surface area contributed by atoms with Gasteiger partial charge in [0, 0.05) is 43.7 Å². The number of pyridine rings is 1. The summed E-state index contributed by atoms with van der Waals surface area (Å²) in [5.41, 5.74) is 9.44. The minimum absolute atomic E-state index is 0. The van der Waals surface area contributed by atoms with Gasteiger partial charge in [-0.15, -0.1) is 29.1 Å².